The first-order chi connectivity index (χ1) is 11.3. The van der Waals surface area contributed by atoms with E-state index in [1.165, 1.54) is 24.3 Å². The normalized spacial score (nSPS) is 13.2. The van der Waals surface area contributed by atoms with Gasteiger partial charge < -0.3 is 15.2 Å². The molecule has 0 aliphatic carbocycles. The van der Waals surface area contributed by atoms with Crippen molar-refractivity contribution in [1.82, 2.24) is 5.32 Å². The number of nitrogens with one attached hydrogen (secondary N) is 1. The molecule has 24 heavy (non-hydrogen) atoms. The number of hydrogen-bond acceptors (Lipinski definition) is 3. The summed E-state index contributed by atoms with van der Waals surface area (Å²) in [6.45, 7) is 5.41. The van der Waals surface area contributed by atoms with Gasteiger partial charge in [0.2, 0.25) is 0 Å². The maximum Gasteiger partial charge on any atom is 0.258 e. The molecule has 128 valence electrons. The second-order valence-corrected chi connectivity index (χ2v) is 6.09. The predicted octanol–water partition coefficient (Wildman–Crippen LogP) is 2.85. The molecule has 0 fully saturated rings. The number of aryl methyl sites for hydroxylation is 2. The van der Waals surface area contributed by atoms with Gasteiger partial charge in [-0.3, -0.25) is 4.79 Å². The molecule has 0 saturated carbocycles. The zero-order chi connectivity index (χ0) is 17.7. The number of rotatable bonds is 6. The fourth-order valence-corrected chi connectivity index (χ4v) is 2.19. The highest BCUT2D eigenvalue weighted by Gasteiger charge is 2.23. The van der Waals surface area contributed by atoms with Crippen LogP contribution in [0.4, 0.5) is 4.39 Å². The lowest BCUT2D eigenvalue weighted by Gasteiger charge is -2.24. The number of ether oxygens (including phenoxy) is 1. The van der Waals surface area contributed by atoms with Gasteiger partial charge in [-0.1, -0.05) is 18.2 Å². The summed E-state index contributed by atoms with van der Waals surface area (Å²) in [5, 5.41) is 13.0. The Hall–Kier alpha value is -2.40. The lowest BCUT2D eigenvalue weighted by Crippen LogP contribution is -2.40. The van der Waals surface area contributed by atoms with Gasteiger partial charge in [0, 0.05) is 0 Å². The highest BCUT2D eigenvalue weighted by Crippen LogP contribution is 2.20. The summed E-state index contributed by atoms with van der Waals surface area (Å²) in [4.78, 5) is 11.9. The van der Waals surface area contributed by atoms with Crippen molar-refractivity contribution in [3.63, 3.8) is 0 Å². The molecular formula is C19H22FNO3. The first-order valence-corrected chi connectivity index (χ1v) is 7.73. The molecule has 5 heteroatoms. The van der Waals surface area contributed by atoms with Crippen LogP contribution in [0.5, 0.6) is 5.75 Å². The van der Waals surface area contributed by atoms with Crippen LogP contribution in [0.3, 0.4) is 0 Å². The predicted molar refractivity (Wildman–Crippen MR) is 90.4 cm³/mol. The number of halogens is 1. The third kappa shape index (κ3) is 4.80. The Labute approximate surface area is 141 Å². The number of carbonyl (C=O) groups excluding carboxylic acids is 1. The van der Waals surface area contributed by atoms with Crippen LogP contribution >= 0.6 is 0 Å². The Morgan fingerprint density at radius 3 is 2.46 bits per heavy atom. The molecule has 0 radical (unpaired) electrons. The summed E-state index contributed by atoms with van der Waals surface area (Å²) in [5.41, 5.74) is 1.48. The number of carbonyl (C=O) groups is 1. The van der Waals surface area contributed by atoms with Crippen molar-refractivity contribution in [3.8, 4) is 5.75 Å². The summed E-state index contributed by atoms with van der Waals surface area (Å²) in [6.07, 6.45) is 0. The SMILES string of the molecule is Cc1ccc(OCC(=O)NCC(C)(O)c2ccc(F)cc2)cc1C. The minimum atomic E-state index is -1.29. The van der Waals surface area contributed by atoms with Gasteiger partial charge in [0.1, 0.15) is 17.2 Å². The highest BCUT2D eigenvalue weighted by atomic mass is 19.1. The smallest absolute Gasteiger partial charge is 0.258 e. The fraction of sp³-hybridized carbons (Fsp3) is 0.316. The Kier molecular flexibility index (Phi) is 5.57. The standard InChI is InChI=1S/C19H22FNO3/c1-13-4-9-17(10-14(13)2)24-11-18(22)21-12-19(3,23)15-5-7-16(20)8-6-15/h4-10,23H,11-12H2,1-3H3,(H,21,22). The topological polar surface area (TPSA) is 58.6 Å². The second kappa shape index (κ2) is 7.45. The van der Waals surface area contributed by atoms with Crippen LogP contribution in [0, 0.1) is 19.7 Å². The van der Waals surface area contributed by atoms with Crippen LogP contribution in [0.15, 0.2) is 42.5 Å². The molecule has 0 aliphatic heterocycles. The molecule has 0 aliphatic rings. The van der Waals surface area contributed by atoms with Crippen LogP contribution in [-0.4, -0.2) is 24.2 Å². The van der Waals surface area contributed by atoms with E-state index in [-0.39, 0.29) is 24.9 Å². The first-order valence-electron chi connectivity index (χ1n) is 7.73. The Morgan fingerprint density at radius 2 is 1.83 bits per heavy atom. The molecule has 2 rings (SSSR count). The van der Waals surface area contributed by atoms with E-state index in [0.29, 0.717) is 11.3 Å². The van der Waals surface area contributed by atoms with Crippen molar-refractivity contribution in [2.45, 2.75) is 26.4 Å². The van der Waals surface area contributed by atoms with Gasteiger partial charge in [0.05, 0.1) is 6.54 Å². The quantitative estimate of drug-likeness (QED) is 0.856. The monoisotopic (exact) mass is 331 g/mol. The van der Waals surface area contributed by atoms with Gasteiger partial charge in [-0.05, 0) is 61.7 Å². The van der Waals surface area contributed by atoms with E-state index in [1.807, 2.05) is 32.0 Å². The number of aliphatic hydroxyl groups is 1. The van der Waals surface area contributed by atoms with Crippen LogP contribution in [-0.2, 0) is 10.4 Å². The average molecular weight is 331 g/mol. The van der Waals surface area contributed by atoms with Gasteiger partial charge in [0.15, 0.2) is 6.61 Å². The van der Waals surface area contributed by atoms with Gasteiger partial charge in [0.25, 0.3) is 5.91 Å². The van der Waals surface area contributed by atoms with E-state index in [9.17, 15) is 14.3 Å². The number of hydrogen-bond donors (Lipinski definition) is 2. The lowest BCUT2D eigenvalue weighted by atomic mass is 9.96. The summed E-state index contributed by atoms with van der Waals surface area (Å²) in [7, 11) is 0. The van der Waals surface area contributed by atoms with Crippen molar-refractivity contribution >= 4 is 5.91 Å². The molecule has 2 aromatic rings. The van der Waals surface area contributed by atoms with E-state index in [2.05, 4.69) is 5.32 Å². The van der Waals surface area contributed by atoms with Gasteiger partial charge in [-0.2, -0.15) is 0 Å². The third-order valence-electron chi connectivity index (χ3n) is 3.94. The van der Waals surface area contributed by atoms with Crippen molar-refractivity contribution in [2.75, 3.05) is 13.2 Å². The number of benzene rings is 2. The molecule has 1 atom stereocenters. The number of amides is 1. The van der Waals surface area contributed by atoms with Crippen molar-refractivity contribution in [3.05, 3.63) is 65.0 Å². The van der Waals surface area contributed by atoms with Crippen LogP contribution in [0.2, 0.25) is 0 Å². The molecule has 0 saturated heterocycles. The van der Waals surface area contributed by atoms with Crippen LogP contribution < -0.4 is 10.1 Å². The van der Waals surface area contributed by atoms with E-state index in [0.717, 1.165) is 11.1 Å². The second-order valence-electron chi connectivity index (χ2n) is 6.09. The van der Waals surface area contributed by atoms with Crippen LogP contribution in [0.25, 0.3) is 0 Å². The highest BCUT2D eigenvalue weighted by molar-refractivity contribution is 5.77. The third-order valence-corrected chi connectivity index (χ3v) is 3.94. The first kappa shape index (κ1) is 17.9. The maximum atomic E-state index is 12.9. The summed E-state index contributed by atoms with van der Waals surface area (Å²) >= 11 is 0. The van der Waals surface area contributed by atoms with Crippen molar-refractivity contribution < 1.29 is 19.0 Å². The van der Waals surface area contributed by atoms with E-state index in [1.54, 1.807) is 6.92 Å². The minimum Gasteiger partial charge on any atom is -0.484 e. The molecule has 2 N–H and O–H groups in total. The Balaban J connectivity index is 1.85. The van der Waals surface area contributed by atoms with Crippen molar-refractivity contribution in [2.24, 2.45) is 0 Å². The minimum absolute atomic E-state index is 0.00769. The largest absolute Gasteiger partial charge is 0.484 e. The summed E-state index contributed by atoms with van der Waals surface area (Å²) in [5.74, 6) is -0.0884. The molecular weight excluding hydrogens is 309 g/mol. The van der Waals surface area contributed by atoms with Crippen molar-refractivity contribution in [1.29, 1.82) is 0 Å². The Bertz CT molecular complexity index is 711. The molecule has 1 unspecified atom stereocenters. The molecule has 0 aromatic heterocycles. The molecule has 0 spiro atoms. The maximum absolute atomic E-state index is 12.9. The van der Waals surface area contributed by atoms with Gasteiger partial charge in [-0.15, -0.1) is 0 Å². The summed E-state index contributed by atoms with van der Waals surface area (Å²) < 4.78 is 18.4. The van der Waals surface area contributed by atoms with E-state index < -0.39 is 5.60 Å². The molecule has 1 amide bonds. The van der Waals surface area contributed by atoms with Crippen LogP contribution in [0.1, 0.15) is 23.6 Å². The van der Waals surface area contributed by atoms with Gasteiger partial charge >= 0.3 is 0 Å². The zero-order valence-electron chi connectivity index (χ0n) is 14.1. The fourth-order valence-electron chi connectivity index (χ4n) is 2.19. The zero-order valence-corrected chi connectivity index (χ0v) is 14.1. The van der Waals surface area contributed by atoms with Gasteiger partial charge in [-0.25, -0.2) is 4.39 Å². The summed E-state index contributed by atoms with van der Waals surface area (Å²) in [6, 6.07) is 11.1. The Morgan fingerprint density at radius 1 is 1.17 bits per heavy atom. The van der Waals surface area contributed by atoms with E-state index >= 15 is 0 Å². The molecule has 2 aromatic carbocycles. The average Bonchev–Trinajstić information content (AvgIpc) is 2.54. The molecule has 4 nitrogen and oxygen atoms in total. The van der Waals surface area contributed by atoms with E-state index in [4.69, 9.17) is 4.74 Å². The molecule has 0 heterocycles. The molecule has 0 bridgehead atoms. The lowest BCUT2D eigenvalue weighted by molar-refractivity contribution is -0.124.